The Morgan fingerprint density at radius 2 is 1.85 bits per heavy atom. The van der Waals surface area contributed by atoms with E-state index in [1.807, 2.05) is 13.0 Å². The van der Waals surface area contributed by atoms with E-state index in [0.717, 1.165) is 5.56 Å². The van der Waals surface area contributed by atoms with Crippen molar-refractivity contribution in [3.8, 4) is 17.2 Å². The molecule has 3 N–H and O–H groups in total. The third-order valence-corrected chi connectivity index (χ3v) is 3.63. The van der Waals surface area contributed by atoms with Gasteiger partial charge in [-0.2, -0.15) is 5.10 Å². The van der Waals surface area contributed by atoms with E-state index >= 15 is 0 Å². The van der Waals surface area contributed by atoms with E-state index < -0.39 is 11.8 Å². The number of hydrogen-bond donors (Lipinski definition) is 3. The lowest BCUT2D eigenvalue weighted by atomic mass is 10.1. The van der Waals surface area contributed by atoms with Gasteiger partial charge >= 0.3 is 0 Å². The average Bonchev–Trinajstić information content (AvgIpc) is 2.67. The quantitative estimate of drug-likeness (QED) is 0.506. The summed E-state index contributed by atoms with van der Waals surface area (Å²) in [4.78, 5) is 23.9. The molecule has 2 aromatic carbocycles. The monoisotopic (exact) mass is 371 g/mol. The highest BCUT2D eigenvalue weighted by Crippen LogP contribution is 2.27. The number of nitrogens with one attached hydrogen (secondary N) is 2. The number of aromatic hydroxyl groups is 1. The number of phenolic OH excluding ortho intramolecular Hbond substituents is 1. The molecule has 0 aliphatic rings. The molecule has 0 unspecified atom stereocenters. The van der Waals surface area contributed by atoms with Gasteiger partial charge in [-0.05, 0) is 42.8 Å². The van der Waals surface area contributed by atoms with E-state index in [1.165, 1.54) is 26.5 Å². The second-order valence-corrected chi connectivity index (χ2v) is 5.61. The van der Waals surface area contributed by atoms with Gasteiger partial charge in [0.2, 0.25) is 0 Å². The van der Waals surface area contributed by atoms with Gasteiger partial charge < -0.3 is 19.9 Å². The van der Waals surface area contributed by atoms with Crippen LogP contribution >= 0.6 is 0 Å². The van der Waals surface area contributed by atoms with Gasteiger partial charge in [0.15, 0.2) is 11.5 Å². The molecule has 2 aromatic rings. The molecule has 0 spiro atoms. The number of hydrogen-bond acceptors (Lipinski definition) is 6. The summed E-state index contributed by atoms with van der Waals surface area (Å²) in [5.74, 6) is 0.0327. The lowest BCUT2D eigenvalue weighted by Gasteiger charge is -2.09. The normalized spacial score (nSPS) is 10.5. The predicted octanol–water partition coefficient (Wildman–Crippen LogP) is 1.60. The Morgan fingerprint density at radius 3 is 2.52 bits per heavy atom. The van der Waals surface area contributed by atoms with Crippen LogP contribution in [0.3, 0.4) is 0 Å². The second-order valence-electron chi connectivity index (χ2n) is 5.61. The first kappa shape index (κ1) is 19.8. The van der Waals surface area contributed by atoms with Gasteiger partial charge in [0.1, 0.15) is 5.75 Å². The van der Waals surface area contributed by atoms with Gasteiger partial charge in [-0.15, -0.1) is 0 Å². The van der Waals surface area contributed by atoms with Crippen molar-refractivity contribution < 1.29 is 24.2 Å². The van der Waals surface area contributed by atoms with E-state index in [4.69, 9.17) is 9.47 Å². The summed E-state index contributed by atoms with van der Waals surface area (Å²) >= 11 is 0. The van der Waals surface area contributed by atoms with Crippen LogP contribution in [0.5, 0.6) is 17.2 Å². The average molecular weight is 371 g/mol. The molecule has 27 heavy (non-hydrogen) atoms. The largest absolute Gasteiger partial charge is 0.507 e. The Labute approximate surface area is 156 Å². The van der Waals surface area contributed by atoms with Gasteiger partial charge in [0, 0.05) is 11.1 Å². The SMILES string of the molecule is COc1ccc(C(=O)NCC(=O)N/N=C\c2ccc(C)cc2O)cc1OC. The molecule has 0 heterocycles. The number of methoxy groups -OCH3 is 2. The van der Waals surface area contributed by atoms with Crippen LogP contribution in [0.25, 0.3) is 0 Å². The van der Waals surface area contributed by atoms with E-state index in [1.54, 1.807) is 24.3 Å². The first-order valence-corrected chi connectivity index (χ1v) is 8.06. The Kier molecular flexibility index (Phi) is 6.76. The molecule has 142 valence electrons. The zero-order valence-electron chi connectivity index (χ0n) is 15.3. The fourth-order valence-corrected chi connectivity index (χ4v) is 2.22. The molecule has 0 atom stereocenters. The third-order valence-electron chi connectivity index (χ3n) is 3.63. The molecule has 0 aromatic heterocycles. The van der Waals surface area contributed by atoms with Crippen molar-refractivity contribution in [1.82, 2.24) is 10.7 Å². The van der Waals surface area contributed by atoms with Crippen molar-refractivity contribution in [2.45, 2.75) is 6.92 Å². The number of aryl methyl sites for hydroxylation is 1. The number of hydrazone groups is 1. The van der Waals surface area contributed by atoms with E-state index in [0.29, 0.717) is 22.6 Å². The summed E-state index contributed by atoms with van der Waals surface area (Å²) in [7, 11) is 2.97. The van der Waals surface area contributed by atoms with Gasteiger partial charge in [0.05, 0.1) is 27.0 Å². The highest BCUT2D eigenvalue weighted by molar-refractivity contribution is 5.97. The van der Waals surface area contributed by atoms with Gasteiger partial charge in [0.25, 0.3) is 11.8 Å². The number of phenols is 1. The minimum Gasteiger partial charge on any atom is -0.507 e. The van der Waals surface area contributed by atoms with Gasteiger partial charge in [-0.25, -0.2) is 5.43 Å². The zero-order chi connectivity index (χ0) is 19.8. The van der Waals surface area contributed by atoms with Gasteiger partial charge in [-0.3, -0.25) is 9.59 Å². The van der Waals surface area contributed by atoms with Crippen LogP contribution in [0.4, 0.5) is 0 Å². The number of carbonyl (C=O) groups is 2. The maximum Gasteiger partial charge on any atom is 0.259 e. The second kappa shape index (κ2) is 9.23. The predicted molar refractivity (Wildman–Crippen MR) is 100 cm³/mol. The lowest BCUT2D eigenvalue weighted by Crippen LogP contribution is -2.34. The molecule has 0 saturated heterocycles. The maximum absolute atomic E-state index is 12.1. The summed E-state index contributed by atoms with van der Waals surface area (Å²) in [5.41, 5.74) is 3.98. The molecule has 2 rings (SSSR count). The zero-order valence-corrected chi connectivity index (χ0v) is 15.3. The van der Waals surface area contributed by atoms with Crippen molar-refractivity contribution in [3.05, 3.63) is 53.1 Å². The highest BCUT2D eigenvalue weighted by atomic mass is 16.5. The Morgan fingerprint density at radius 1 is 1.11 bits per heavy atom. The number of benzene rings is 2. The number of nitrogens with zero attached hydrogens (tertiary/aromatic N) is 1. The summed E-state index contributed by atoms with van der Waals surface area (Å²) in [6.45, 7) is 1.59. The van der Waals surface area contributed by atoms with Crippen molar-refractivity contribution >= 4 is 18.0 Å². The minimum atomic E-state index is -0.508. The summed E-state index contributed by atoms with van der Waals surface area (Å²) in [5, 5.41) is 16.0. The topological polar surface area (TPSA) is 109 Å². The Bertz CT molecular complexity index is 864. The number of rotatable bonds is 7. The Hall–Kier alpha value is -3.55. The maximum atomic E-state index is 12.1. The van der Waals surface area contributed by atoms with Crippen molar-refractivity contribution in [2.75, 3.05) is 20.8 Å². The third kappa shape index (κ3) is 5.46. The van der Waals surface area contributed by atoms with E-state index in [-0.39, 0.29) is 12.3 Å². The summed E-state index contributed by atoms with van der Waals surface area (Å²) in [6, 6.07) is 9.77. The number of amides is 2. The van der Waals surface area contributed by atoms with Crippen LogP contribution in [-0.2, 0) is 4.79 Å². The van der Waals surface area contributed by atoms with Crippen LogP contribution in [-0.4, -0.2) is 43.9 Å². The molecule has 0 aliphatic carbocycles. The van der Waals surface area contributed by atoms with Crippen molar-refractivity contribution in [1.29, 1.82) is 0 Å². The highest BCUT2D eigenvalue weighted by Gasteiger charge is 2.11. The molecule has 8 heteroatoms. The first-order chi connectivity index (χ1) is 12.9. The molecule has 0 saturated carbocycles. The van der Waals surface area contributed by atoms with Crippen molar-refractivity contribution in [2.24, 2.45) is 5.10 Å². The molecular formula is C19H21N3O5. The standard InChI is InChI=1S/C19H21N3O5/c1-12-4-5-14(15(23)8-12)10-21-22-18(24)11-20-19(25)13-6-7-16(26-2)17(9-13)27-3/h4-10,23H,11H2,1-3H3,(H,20,25)(H,22,24)/b21-10-. The molecule has 0 fully saturated rings. The number of carbonyl (C=O) groups excluding carboxylic acids is 2. The minimum absolute atomic E-state index is 0.0646. The molecule has 0 aliphatic heterocycles. The van der Waals surface area contributed by atoms with Crippen molar-refractivity contribution in [3.63, 3.8) is 0 Å². The fraction of sp³-hybridized carbons (Fsp3) is 0.211. The summed E-state index contributed by atoms with van der Waals surface area (Å²) < 4.78 is 10.3. The van der Waals surface area contributed by atoms with Crippen LogP contribution < -0.4 is 20.2 Å². The molecule has 2 amide bonds. The number of ether oxygens (including phenoxy) is 2. The van der Waals surface area contributed by atoms with Crippen LogP contribution in [0.15, 0.2) is 41.5 Å². The smallest absolute Gasteiger partial charge is 0.259 e. The van der Waals surface area contributed by atoms with Crippen LogP contribution in [0.1, 0.15) is 21.5 Å². The molecule has 0 radical (unpaired) electrons. The molecule has 8 nitrogen and oxygen atoms in total. The molecule has 0 bridgehead atoms. The lowest BCUT2D eigenvalue weighted by molar-refractivity contribution is -0.120. The van der Waals surface area contributed by atoms with Crippen LogP contribution in [0.2, 0.25) is 0 Å². The molecular weight excluding hydrogens is 350 g/mol. The van der Waals surface area contributed by atoms with Crippen LogP contribution in [0, 0.1) is 6.92 Å². The van der Waals surface area contributed by atoms with E-state index in [2.05, 4.69) is 15.8 Å². The Balaban J connectivity index is 1.87. The summed E-state index contributed by atoms with van der Waals surface area (Å²) in [6.07, 6.45) is 1.32. The first-order valence-electron chi connectivity index (χ1n) is 8.06. The van der Waals surface area contributed by atoms with Gasteiger partial charge in [-0.1, -0.05) is 6.07 Å². The van der Waals surface area contributed by atoms with E-state index in [9.17, 15) is 14.7 Å². The fourth-order valence-electron chi connectivity index (χ4n) is 2.22.